The highest BCUT2D eigenvalue weighted by Gasteiger charge is 2.16. The molecular weight excluding hydrogens is 370 g/mol. The maximum atomic E-state index is 12.5. The van der Waals surface area contributed by atoms with Crippen LogP contribution in [0.3, 0.4) is 0 Å². The Morgan fingerprint density at radius 1 is 0.966 bits per heavy atom. The van der Waals surface area contributed by atoms with E-state index in [4.69, 9.17) is 14.2 Å². The Morgan fingerprint density at radius 3 is 2.24 bits per heavy atom. The average Bonchev–Trinajstić information content (AvgIpc) is 2.77. The zero-order chi connectivity index (χ0) is 20.6. The summed E-state index contributed by atoms with van der Waals surface area (Å²) in [5.41, 5.74) is 2.69. The van der Waals surface area contributed by atoms with E-state index in [1.807, 2.05) is 18.2 Å². The number of benzene rings is 2. The number of carbonyl (C=O) groups is 1. The van der Waals surface area contributed by atoms with Gasteiger partial charge in [0.2, 0.25) is 11.7 Å². The fourth-order valence-electron chi connectivity index (χ4n) is 3.57. The van der Waals surface area contributed by atoms with Crippen LogP contribution in [-0.4, -0.2) is 46.9 Å². The van der Waals surface area contributed by atoms with Gasteiger partial charge in [-0.15, -0.1) is 0 Å². The van der Waals surface area contributed by atoms with Crippen molar-refractivity contribution in [2.75, 3.05) is 56.5 Å². The maximum absolute atomic E-state index is 12.5. The second kappa shape index (κ2) is 9.91. The summed E-state index contributed by atoms with van der Waals surface area (Å²) in [5.74, 6) is 1.31. The van der Waals surface area contributed by atoms with Crippen molar-refractivity contribution < 1.29 is 19.0 Å². The molecule has 0 spiro atoms. The first-order chi connectivity index (χ1) is 14.2. The van der Waals surface area contributed by atoms with Crippen LogP contribution in [-0.2, 0) is 4.79 Å². The molecule has 156 valence electrons. The lowest BCUT2D eigenvalue weighted by Crippen LogP contribution is -2.30. The summed E-state index contributed by atoms with van der Waals surface area (Å²) in [6, 6.07) is 11.5. The van der Waals surface area contributed by atoms with Crippen LogP contribution in [0.25, 0.3) is 0 Å². The zero-order valence-corrected chi connectivity index (χ0v) is 17.3. The van der Waals surface area contributed by atoms with Crippen molar-refractivity contribution in [2.24, 2.45) is 0 Å². The molecule has 0 aromatic heterocycles. The fourth-order valence-corrected chi connectivity index (χ4v) is 3.57. The van der Waals surface area contributed by atoms with E-state index >= 15 is 0 Å². The number of para-hydroxylation sites is 2. The van der Waals surface area contributed by atoms with E-state index in [0.29, 0.717) is 22.9 Å². The number of carbonyl (C=O) groups excluding carboxylic acids is 1. The quantitative estimate of drug-likeness (QED) is 0.704. The fraction of sp³-hybridized carbons (Fsp3) is 0.409. The zero-order valence-electron chi connectivity index (χ0n) is 17.3. The number of methoxy groups -OCH3 is 3. The summed E-state index contributed by atoms with van der Waals surface area (Å²) in [5, 5.41) is 6.15. The molecule has 0 radical (unpaired) electrons. The van der Waals surface area contributed by atoms with E-state index in [-0.39, 0.29) is 12.5 Å². The van der Waals surface area contributed by atoms with Gasteiger partial charge in [-0.2, -0.15) is 0 Å². The van der Waals surface area contributed by atoms with Crippen molar-refractivity contribution in [3.05, 3.63) is 36.4 Å². The van der Waals surface area contributed by atoms with Crippen LogP contribution in [0.1, 0.15) is 19.3 Å². The summed E-state index contributed by atoms with van der Waals surface area (Å²) >= 11 is 0. The van der Waals surface area contributed by atoms with Crippen molar-refractivity contribution in [2.45, 2.75) is 19.3 Å². The SMILES string of the molecule is COc1cc(NC(=O)CNc2ccccc2N2CCCCC2)cc(OC)c1OC. The maximum Gasteiger partial charge on any atom is 0.243 e. The summed E-state index contributed by atoms with van der Waals surface area (Å²) in [6.45, 7) is 2.26. The van der Waals surface area contributed by atoms with Crippen LogP contribution in [0, 0.1) is 0 Å². The first-order valence-electron chi connectivity index (χ1n) is 9.84. The van der Waals surface area contributed by atoms with Crippen LogP contribution in [0.15, 0.2) is 36.4 Å². The average molecular weight is 399 g/mol. The van der Waals surface area contributed by atoms with Crippen molar-refractivity contribution >= 4 is 23.0 Å². The Kier molecular flexibility index (Phi) is 7.05. The number of piperidine rings is 1. The predicted molar refractivity (Wildman–Crippen MR) is 116 cm³/mol. The van der Waals surface area contributed by atoms with Crippen LogP contribution < -0.4 is 29.7 Å². The largest absolute Gasteiger partial charge is 0.493 e. The van der Waals surface area contributed by atoms with Crippen molar-refractivity contribution in [1.29, 1.82) is 0 Å². The molecule has 7 heteroatoms. The van der Waals surface area contributed by atoms with E-state index in [9.17, 15) is 4.79 Å². The van der Waals surface area contributed by atoms with Crippen molar-refractivity contribution in [3.8, 4) is 17.2 Å². The molecule has 1 saturated heterocycles. The van der Waals surface area contributed by atoms with Crippen LogP contribution in [0.5, 0.6) is 17.2 Å². The minimum absolute atomic E-state index is 0.154. The molecule has 0 unspecified atom stereocenters. The van der Waals surface area contributed by atoms with E-state index in [0.717, 1.165) is 24.5 Å². The number of amides is 1. The molecule has 1 aliphatic heterocycles. The molecule has 0 bridgehead atoms. The van der Waals surface area contributed by atoms with E-state index in [1.54, 1.807) is 33.5 Å². The third kappa shape index (κ3) is 5.04. The first-order valence-corrected chi connectivity index (χ1v) is 9.84. The first kappa shape index (κ1) is 20.6. The van der Waals surface area contributed by atoms with Crippen molar-refractivity contribution in [3.63, 3.8) is 0 Å². The molecular formula is C22H29N3O4. The molecule has 1 heterocycles. The molecule has 2 aromatic carbocycles. The third-order valence-electron chi connectivity index (χ3n) is 4.99. The van der Waals surface area contributed by atoms with Crippen LogP contribution in [0.2, 0.25) is 0 Å². The molecule has 1 fully saturated rings. The van der Waals surface area contributed by atoms with E-state index < -0.39 is 0 Å². The van der Waals surface area contributed by atoms with E-state index in [2.05, 4.69) is 21.6 Å². The van der Waals surface area contributed by atoms with Gasteiger partial charge in [0.15, 0.2) is 11.5 Å². The summed E-state index contributed by atoms with van der Waals surface area (Å²) in [7, 11) is 4.63. The van der Waals surface area contributed by atoms with Crippen molar-refractivity contribution in [1.82, 2.24) is 0 Å². The van der Waals surface area contributed by atoms with Gasteiger partial charge < -0.3 is 29.7 Å². The van der Waals surface area contributed by atoms with Gasteiger partial charge in [0, 0.05) is 30.9 Å². The molecule has 2 aromatic rings. The molecule has 0 aliphatic carbocycles. The van der Waals surface area contributed by atoms with E-state index in [1.165, 1.54) is 19.3 Å². The Balaban J connectivity index is 1.66. The molecule has 1 amide bonds. The van der Waals surface area contributed by atoms with Gasteiger partial charge in [0.1, 0.15) is 0 Å². The number of hydrogen-bond donors (Lipinski definition) is 2. The predicted octanol–water partition coefficient (Wildman–Crippen LogP) is 3.75. The third-order valence-corrected chi connectivity index (χ3v) is 4.99. The Labute approximate surface area is 171 Å². The second-order valence-corrected chi connectivity index (χ2v) is 6.88. The molecule has 29 heavy (non-hydrogen) atoms. The molecule has 7 nitrogen and oxygen atoms in total. The Bertz CT molecular complexity index is 810. The minimum Gasteiger partial charge on any atom is -0.493 e. The number of nitrogens with one attached hydrogen (secondary N) is 2. The van der Waals surface area contributed by atoms with Gasteiger partial charge in [-0.3, -0.25) is 4.79 Å². The van der Waals surface area contributed by atoms with Gasteiger partial charge in [-0.25, -0.2) is 0 Å². The molecule has 0 saturated carbocycles. The standard InChI is InChI=1S/C22H29N3O4/c1-27-19-13-16(14-20(28-2)22(19)29-3)24-21(26)15-23-17-9-5-6-10-18(17)25-11-7-4-8-12-25/h5-6,9-10,13-14,23H,4,7-8,11-12,15H2,1-3H3,(H,24,26). The highest BCUT2D eigenvalue weighted by atomic mass is 16.5. The highest BCUT2D eigenvalue weighted by molar-refractivity contribution is 5.95. The lowest BCUT2D eigenvalue weighted by atomic mass is 10.1. The number of anilines is 3. The monoisotopic (exact) mass is 399 g/mol. The molecule has 1 aliphatic rings. The number of ether oxygens (including phenoxy) is 3. The van der Waals surface area contributed by atoms with Gasteiger partial charge in [-0.1, -0.05) is 12.1 Å². The summed E-state index contributed by atoms with van der Waals surface area (Å²) < 4.78 is 16.0. The minimum atomic E-state index is -0.160. The topological polar surface area (TPSA) is 72.1 Å². The lowest BCUT2D eigenvalue weighted by molar-refractivity contribution is -0.114. The number of rotatable bonds is 8. The Hall–Kier alpha value is -3.09. The molecule has 2 N–H and O–H groups in total. The van der Waals surface area contributed by atoms with Gasteiger partial charge in [0.25, 0.3) is 0 Å². The summed E-state index contributed by atoms with van der Waals surface area (Å²) in [6.07, 6.45) is 3.69. The molecule has 3 rings (SSSR count). The second-order valence-electron chi connectivity index (χ2n) is 6.88. The number of hydrogen-bond acceptors (Lipinski definition) is 6. The Morgan fingerprint density at radius 2 is 1.62 bits per heavy atom. The van der Waals surface area contributed by atoms with Crippen LogP contribution in [0.4, 0.5) is 17.1 Å². The molecule has 0 atom stereocenters. The number of nitrogens with zero attached hydrogens (tertiary/aromatic N) is 1. The summed E-state index contributed by atoms with van der Waals surface area (Å²) in [4.78, 5) is 14.9. The van der Waals surface area contributed by atoms with Crippen LogP contribution >= 0.6 is 0 Å². The van der Waals surface area contributed by atoms with Gasteiger partial charge in [0.05, 0.1) is 39.2 Å². The normalized spacial score (nSPS) is 13.6. The smallest absolute Gasteiger partial charge is 0.243 e. The van der Waals surface area contributed by atoms with Gasteiger partial charge >= 0.3 is 0 Å². The van der Waals surface area contributed by atoms with Gasteiger partial charge in [-0.05, 0) is 31.4 Å². The highest BCUT2D eigenvalue weighted by Crippen LogP contribution is 2.39. The lowest BCUT2D eigenvalue weighted by Gasteiger charge is -2.30.